The molecule has 4 heteroatoms. The van der Waals surface area contributed by atoms with Gasteiger partial charge >= 0.3 is 0 Å². The van der Waals surface area contributed by atoms with E-state index in [9.17, 15) is 0 Å². The van der Waals surface area contributed by atoms with Crippen LogP contribution < -0.4 is 0 Å². The number of pyridine rings is 1. The highest BCUT2D eigenvalue weighted by molar-refractivity contribution is 5.97. The van der Waals surface area contributed by atoms with Gasteiger partial charge in [0, 0.05) is 43.7 Å². The van der Waals surface area contributed by atoms with Crippen molar-refractivity contribution in [3.63, 3.8) is 0 Å². The molecule has 0 atom stereocenters. The number of hydrogen-bond donors (Lipinski definition) is 0. The predicted octanol–water partition coefficient (Wildman–Crippen LogP) is 5.92. The molecule has 2 aliphatic rings. The van der Waals surface area contributed by atoms with E-state index in [2.05, 4.69) is 108 Å². The Labute approximate surface area is 201 Å². The number of para-hydroxylation sites is 1. The molecule has 1 saturated heterocycles. The number of aromatic nitrogens is 1. The van der Waals surface area contributed by atoms with Gasteiger partial charge in [0.25, 0.3) is 0 Å². The maximum atomic E-state index is 5.26. The van der Waals surface area contributed by atoms with Crippen molar-refractivity contribution in [2.75, 3.05) is 33.2 Å². The van der Waals surface area contributed by atoms with Crippen LogP contribution >= 0.6 is 0 Å². The first kappa shape index (κ1) is 20.8. The lowest BCUT2D eigenvalue weighted by atomic mass is 9.92. The fraction of sp³-hybridized carbons (Fsp3) is 0.200. The summed E-state index contributed by atoms with van der Waals surface area (Å²) < 4.78 is 0. The van der Waals surface area contributed by atoms with Gasteiger partial charge in [0.15, 0.2) is 0 Å². The van der Waals surface area contributed by atoms with E-state index in [1.54, 1.807) is 0 Å². The van der Waals surface area contributed by atoms with Crippen LogP contribution in [-0.2, 0) is 6.42 Å². The van der Waals surface area contributed by atoms with Gasteiger partial charge in [0.2, 0.25) is 0 Å². The van der Waals surface area contributed by atoms with Gasteiger partial charge < -0.3 is 9.80 Å². The van der Waals surface area contributed by atoms with Crippen LogP contribution in [-0.4, -0.2) is 53.8 Å². The Kier molecular flexibility index (Phi) is 5.44. The SMILES string of the molecule is CN1CCN(C2=Nc3ccccc3-c3nc(-c4ccccc4)cc(-c4ccccc4)c3C2)CC1. The Morgan fingerprint density at radius 2 is 1.32 bits per heavy atom. The highest BCUT2D eigenvalue weighted by Crippen LogP contribution is 2.41. The molecule has 0 unspecified atom stereocenters. The van der Waals surface area contributed by atoms with Crippen LogP contribution in [0.2, 0.25) is 0 Å². The van der Waals surface area contributed by atoms with E-state index in [1.807, 2.05) is 0 Å². The molecule has 4 aromatic rings. The van der Waals surface area contributed by atoms with Crippen LogP contribution in [0.4, 0.5) is 5.69 Å². The lowest BCUT2D eigenvalue weighted by Crippen LogP contribution is -2.47. The Morgan fingerprint density at radius 1 is 0.676 bits per heavy atom. The normalized spacial score (nSPS) is 15.8. The number of rotatable bonds is 2. The standard InChI is InChI=1S/C30H28N4/c1-33-16-18-34(19-17-33)29-21-26-25(22-10-4-2-5-11-22)20-28(23-12-6-3-7-13-23)32-30(26)24-14-8-9-15-27(24)31-29/h2-15,20H,16-19,21H2,1H3. The quantitative estimate of drug-likeness (QED) is 0.385. The molecule has 0 saturated carbocycles. The summed E-state index contributed by atoms with van der Waals surface area (Å²) in [6, 6.07) is 31.9. The van der Waals surface area contributed by atoms with E-state index < -0.39 is 0 Å². The lowest BCUT2D eigenvalue weighted by Gasteiger charge is -2.34. The van der Waals surface area contributed by atoms with Gasteiger partial charge in [-0.25, -0.2) is 9.98 Å². The number of fused-ring (bicyclic) bond motifs is 3. The first-order valence-electron chi connectivity index (χ1n) is 12.0. The first-order valence-corrected chi connectivity index (χ1v) is 12.0. The average molecular weight is 445 g/mol. The van der Waals surface area contributed by atoms with Gasteiger partial charge in [0.1, 0.15) is 5.84 Å². The largest absolute Gasteiger partial charge is 0.357 e. The van der Waals surface area contributed by atoms with Gasteiger partial charge in [-0.3, -0.25) is 0 Å². The van der Waals surface area contributed by atoms with Crippen molar-refractivity contribution in [2.24, 2.45) is 4.99 Å². The molecule has 1 aromatic heterocycles. The molecule has 0 N–H and O–H groups in total. The van der Waals surface area contributed by atoms with Gasteiger partial charge in [-0.15, -0.1) is 0 Å². The smallest absolute Gasteiger partial charge is 0.109 e. The molecule has 3 aromatic carbocycles. The molecule has 0 radical (unpaired) electrons. The minimum atomic E-state index is 0.778. The van der Waals surface area contributed by atoms with Crippen LogP contribution in [0.25, 0.3) is 33.6 Å². The molecule has 168 valence electrons. The predicted molar refractivity (Wildman–Crippen MR) is 140 cm³/mol. The number of amidine groups is 1. The minimum absolute atomic E-state index is 0.778. The molecule has 1 fully saturated rings. The van der Waals surface area contributed by atoms with Crippen molar-refractivity contribution >= 4 is 11.5 Å². The summed E-state index contributed by atoms with van der Waals surface area (Å²) in [6.45, 7) is 4.13. The second-order valence-electron chi connectivity index (χ2n) is 9.13. The summed E-state index contributed by atoms with van der Waals surface area (Å²) >= 11 is 0. The molecule has 2 aliphatic heterocycles. The Morgan fingerprint density at radius 3 is 2.06 bits per heavy atom. The summed E-state index contributed by atoms with van der Waals surface area (Å²) in [5.74, 6) is 1.14. The maximum Gasteiger partial charge on any atom is 0.109 e. The molecule has 34 heavy (non-hydrogen) atoms. The highest BCUT2D eigenvalue weighted by Gasteiger charge is 2.26. The number of aliphatic imine (C=N–C) groups is 1. The van der Waals surface area contributed by atoms with E-state index in [-0.39, 0.29) is 0 Å². The third-order valence-electron chi connectivity index (χ3n) is 6.89. The summed E-state index contributed by atoms with van der Waals surface area (Å²) in [6.07, 6.45) is 0.778. The number of likely N-dealkylation sites (N-methyl/N-ethyl adjacent to an activating group) is 1. The molecular weight excluding hydrogens is 416 g/mol. The fourth-order valence-electron chi connectivity index (χ4n) is 4.96. The second kappa shape index (κ2) is 8.88. The van der Waals surface area contributed by atoms with E-state index in [4.69, 9.17) is 9.98 Å². The molecule has 6 rings (SSSR count). The van der Waals surface area contributed by atoms with Crippen LogP contribution in [0.15, 0.2) is 96.0 Å². The molecule has 4 nitrogen and oxygen atoms in total. The highest BCUT2D eigenvalue weighted by atomic mass is 15.3. The first-order chi connectivity index (χ1) is 16.8. The van der Waals surface area contributed by atoms with Gasteiger partial charge in [-0.2, -0.15) is 0 Å². The minimum Gasteiger partial charge on any atom is -0.357 e. The topological polar surface area (TPSA) is 31.7 Å². The van der Waals surface area contributed by atoms with Crippen LogP contribution in [0.5, 0.6) is 0 Å². The van der Waals surface area contributed by atoms with E-state index in [1.165, 1.54) is 16.7 Å². The van der Waals surface area contributed by atoms with Crippen molar-refractivity contribution in [1.29, 1.82) is 0 Å². The molecule has 0 spiro atoms. The van der Waals surface area contributed by atoms with Gasteiger partial charge in [-0.1, -0.05) is 78.9 Å². The van der Waals surface area contributed by atoms with Crippen molar-refractivity contribution < 1.29 is 0 Å². The summed E-state index contributed by atoms with van der Waals surface area (Å²) in [5, 5.41) is 0. The van der Waals surface area contributed by atoms with Crippen LogP contribution in [0, 0.1) is 0 Å². The maximum absolute atomic E-state index is 5.26. The molecular formula is C30H28N4. The van der Waals surface area contributed by atoms with E-state index in [0.29, 0.717) is 0 Å². The molecule has 0 aliphatic carbocycles. The lowest BCUT2D eigenvalue weighted by molar-refractivity contribution is 0.214. The number of piperazine rings is 1. The van der Waals surface area contributed by atoms with Crippen molar-refractivity contribution in [1.82, 2.24) is 14.8 Å². The zero-order valence-corrected chi connectivity index (χ0v) is 19.5. The van der Waals surface area contributed by atoms with Crippen molar-refractivity contribution in [2.45, 2.75) is 6.42 Å². The monoisotopic (exact) mass is 444 g/mol. The zero-order chi connectivity index (χ0) is 22.9. The molecule has 0 bridgehead atoms. The number of benzene rings is 3. The Bertz CT molecular complexity index is 1340. The fourth-order valence-corrected chi connectivity index (χ4v) is 4.96. The number of hydrogen-bond acceptors (Lipinski definition) is 4. The van der Waals surface area contributed by atoms with E-state index in [0.717, 1.165) is 66.6 Å². The number of nitrogens with zero attached hydrogens (tertiary/aromatic N) is 4. The zero-order valence-electron chi connectivity index (χ0n) is 19.5. The third-order valence-corrected chi connectivity index (χ3v) is 6.89. The summed E-state index contributed by atoms with van der Waals surface area (Å²) in [5.41, 5.74) is 9.00. The van der Waals surface area contributed by atoms with Crippen molar-refractivity contribution in [3.8, 4) is 33.6 Å². The molecule has 0 amide bonds. The van der Waals surface area contributed by atoms with E-state index >= 15 is 0 Å². The van der Waals surface area contributed by atoms with Crippen LogP contribution in [0.3, 0.4) is 0 Å². The third kappa shape index (κ3) is 3.91. The Balaban J connectivity index is 1.58. The van der Waals surface area contributed by atoms with Gasteiger partial charge in [-0.05, 0) is 35.9 Å². The van der Waals surface area contributed by atoms with Crippen molar-refractivity contribution in [3.05, 3.63) is 96.6 Å². The second-order valence-corrected chi connectivity index (χ2v) is 9.13. The van der Waals surface area contributed by atoms with Crippen LogP contribution in [0.1, 0.15) is 5.56 Å². The van der Waals surface area contributed by atoms with Gasteiger partial charge in [0.05, 0.1) is 17.1 Å². The summed E-state index contributed by atoms with van der Waals surface area (Å²) in [7, 11) is 2.19. The molecule has 3 heterocycles. The average Bonchev–Trinajstić information content (AvgIpc) is 3.07. The summed E-state index contributed by atoms with van der Waals surface area (Å²) in [4.78, 5) is 15.3. The Hall–Kier alpha value is -3.76.